The van der Waals surface area contributed by atoms with Gasteiger partial charge in [-0.15, -0.1) is 11.6 Å². The van der Waals surface area contributed by atoms with Crippen LogP contribution in [0.4, 0.5) is 0 Å². The van der Waals surface area contributed by atoms with Crippen molar-refractivity contribution in [1.82, 2.24) is 5.32 Å². The summed E-state index contributed by atoms with van der Waals surface area (Å²) in [4.78, 5) is 0. The van der Waals surface area contributed by atoms with Gasteiger partial charge in [0.2, 0.25) is 0 Å². The molecule has 0 spiro atoms. The van der Waals surface area contributed by atoms with Gasteiger partial charge in [0, 0.05) is 16.9 Å². The Bertz CT molecular complexity index is 252. The highest BCUT2D eigenvalue weighted by Gasteiger charge is 1.96. The second-order valence-corrected chi connectivity index (χ2v) is 4.01. The zero-order valence-electron chi connectivity index (χ0n) is 7.39. The maximum Gasteiger partial charge on any atom is 0.0348 e. The van der Waals surface area contributed by atoms with Crippen molar-refractivity contribution in [3.63, 3.8) is 0 Å². The normalized spacial score (nSPS) is 10.3. The highest BCUT2D eigenvalue weighted by atomic mass is 79.9. The SMILES string of the molecule is ClCCNCCc1ccccc1Br. The molecule has 13 heavy (non-hydrogen) atoms. The number of hydrogen-bond acceptors (Lipinski definition) is 1. The van der Waals surface area contributed by atoms with E-state index in [-0.39, 0.29) is 0 Å². The first-order valence-corrected chi connectivity index (χ1v) is 5.67. The lowest BCUT2D eigenvalue weighted by Crippen LogP contribution is -2.19. The number of alkyl halides is 1. The Balaban J connectivity index is 2.32. The quantitative estimate of drug-likeness (QED) is 0.636. The first kappa shape index (κ1) is 11.0. The highest BCUT2D eigenvalue weighted by Crippen LogP contribution is 2.15. The van der Waals surface area contributed by atoms with Gasteiger partial charge < -0.3 is 5.32 Å². The Labute approximate surface area is 92.6 Å². The predicted octanol–water partition coefficient (Wildman–Crippen LogP) is 2.82. The summed E-state index contributed by atoms with van der Waals surface area (Å²) in [5, 5.41) is 3.26. The lowest BCUT2D eigenvalue weighted by Gasteiger charge is -2.04. The van der Waals surface area contributed by atoms with Gasteiger partial charge in [-0.3, -0.25) is 0 Å². The van der Waals surface area contributed by atoms with Crippen LogP contribution in [0.1, 0.15) is 5.56 Å². The smallest absolute Gasteiger partial charge is 0.0348 e. The topological polar surface area (TPSA) is 12.0 Å². The summed E-state index contributed by atoms with van der Waals surface area (Å²) >= 11 is 9.05. The van der Waals surface area contributed by atoms with Crippen LogP contribution in [-0.2, 0) is 6.42 Å². The fourth-order valence-electron chi connectivity index (χ4n) is 1.12. The number of benzene rings is 1. The van der Waals surface area contributed by atoms with E-state index in [4.69, 9.17) is 11.6 Å². The molecule has 1 N–H and O–H groups in total. The summed E-state index contributed by atoms with van der Waals surface area (Å²) in [6, 6.07) is 8.28. The first-order chi connectivity index (χ1) is 6.34. The van der Waals surface area contributed by atoms with E-state index in [9.17, 15) is 0 Å². The number of hydrogen-bond donors (Lipinski definition) is 1. The minimum atomic E-state index is 0.677. The summed E-state index contributed by atoms with van der Waals surface area (Å²) in [6.07, 6.45) is 1.04. The molecule has 0 aliphatic carbocycles. The van der Waals surface area contributed by atoms with Crippen molar-refractivity contribution < 1.29 is 0 Å². The van der Waals surface area contributed by atoms with Crippen LogP contribution in [0, 0.1) is 0 Å². The maximum atomic E-state index is 5.54. The van der Waals surface area contributed by atoms with Gasteiger partial charge in [-0.05, 0) is 24.6 Å². The summed E-state index contributed by atoms with van der Waals surface area (Å²) in [6.45, 7) is 1.86. The number of halogens is 2. The summed E-state index contributed by atoms with van der Waals surface area (Å²) < 4.78 is 1.18. The Morgan fingerprint density at radius 2 is 2.00 bits per heavy atom. The van der Waals surface area contributed by atoms with E-state index in [2.05, 4.69) is 39.4 Å². The molecule has 1 aromatic carbocycles. The third-order valence-corrected chi connectivity index (χ3v) is 2.76. The van der Waals surface area contributed by atoms with Gasteiger partial charge in [0.25, 0.3) is 0 Å². The van der Waals surface area contributed by atoms with Gasteiger partial charge >= 0.3 is 0 Å². The average molecular weight is 263 g/mol. The molecule has 0 radical (unpaired) electrons. The van der Waals surface area contributed by atoms with Gasteiger partial charge in [-0.2, -0.15) is 0 Å². The highest BCUT2D eigenvalue weighted by molar-refractivity contribution is 9.10. The zero-order valence-corrected chi connectivity index (χ0v) is 9.74. The maximum absolute atomic E-state index is 5.54. The van der Waals surface area contributed by atoms with Crippen molar-refractivity contribution in [3.05, 3.63) is 34.3 Å². The molecule has 0 fully saturated rings. The van der Waals surface area contributed by atoms with Crippen molar-refractivity contribution in [1.29, 1.82) is 0 Å². The van der Waals surface area contributed by atoms with Crippen molar-refractivity contribution in [3.8, 4) is 0 Å². The fourth-order valence-corrected chi connectivity index (χ4v) is 1.73. The number of nitrogens with one attached hydrogen (secondary N) is 1. The van der Waals surface area contributed by atoms with Gasteiger partial charge in [0.05, 0.1) is 0 Å². The van der Waals surface area contributed by atoms with E-state index in [0.717, 1.165) is 19.5 Å². The standard InChI is InChI=1S/C10H13BrClN/c11-10-4-2-1-3-9(10)5-7-13-8-6-12/h1-4,13H,5-8H2. The van der Waals surface area contributed by atoms with Crippen LogP contribution in [0.3, 0.4) is 0 Å². The molecule has 0 saturated carbocycles. The van der Waals surface area contributed by atoms with E-state index < -0.39 is 0 Å². The molecule has 72 valence electrons. The molecule has 0 unspecified atom stereocenters. The molecular formula is C10H13BrClN. The first-order valence-electron chi connectivity index (χ1n) is 4.34. The van der Waals surface area contributed by atoms with Gasteiger partial charge in [-0.25, -0.2) is 0 Å². The number of rotatable bonds is 5. The molecule has 3 heteroatoms. The summed E-state index contributed by atoms with van der Waals surface area (Å²) in [7, 11) is 0. The van der Waals surface area contributed by atoms with Crippen LogP contribution in [0.15, 0.2) is 28.7 Å². The largest absolute Gasteiger partial charge is 0.315 e. The van der Waals surface area contributed by atoms with Crippen LogP contribution in [0.2, 0.25) is 0 Å². The van der Waals surface area contributed by atoms with Crippen molar-refractivity contribution in [2.75, 3.05) is 19.0 Å². The monoisotopic (exact) mass is 261 g/mol. The van der Waals surface area contributed by atoms with E-state index in [1.807, 2.05) is 6.07 Å². The van der Waals surface area contributed by atoms with Crippen molar-refractivity contribution in [2.24, 2.45) is 0 Å². The molecular weight excluding hydrogens is 249 g/mol. The predicted molar refractivity (Wildman–Crippen MR) is 61.4 cm³/mol. The Morgan fingerprint density at radius 3 is 2.69 bits per heavy atom. The molecule has 0 aromatic heterocycles. The van der Waals surface area contributed by atoms with Crippen molar-refractivity contribution in [2.45, 2.75) is 6.42 Å². The van der Waals surface area contributed by atoms with Crippen LogP contribution >= 0.6 is 27.5 Å². The Morgan fingerprint density at radius 1 is 1.23 bits per heavy atom. The van der Waals surface area contributed by atoms with Gasteiger partial charge in [-0.1, -0.05) is 34.1 Å². The van der Waals surface area contributed by atoms with Gasteiger partial charge in [0.15, 0.2) is 0 Å². The Hall–Kier alpha value is -0.0500. The molecule has 0 heterocycles. The van der Waals surface area contributed by atoms with Crippen LogP contribution in [0.5, 0.6) is 0 Å². The minimum absolute atomic E-state index is 0.677. The lowest BCUT2D eigenvalue weighted by molar-refractivity contribution is 0.718. The molecule has 0 atom stereocenters. The summed E-state index contributed by atoms with van der Waals surface area (Å²) in [5.74, 6) is 0.677. The molecule has 0 aliphatic heterocycles. The minimum Gasteiger partial charge on any atom is -0.315 e. The third kappa shape index (κ3) is 4.12. The van der Waals surface area contributed by atoms with E-state index in [1.165, 1.54) is 10.0 Å². The van der Waals surface area contributed by atoms with E-state index >= 15 is 0 Å². The summed E-state index contributed by atoms with van der Waals surface area (Å²) in [5.41, 5.74) is 1.34. The third-order valence-electron chi connectivity index (χ3n) is 1.80. The molecule has 1 nitrogen and oxygen atoms in total. The molecule has 0 aliphatic rings. The van der Waals surface area contributed by atoms with Crippen molar-refractivity contribution >= 4 is 27.5 Å². The second-order valence-electron chi connectivity index (χ2n) is 2.78. The molecule has 1 aromatic rings. The fraction of sp³-hybridized carbons (Fsp3) is 0.400. The molecule has 0 saturated heterocycles. The molecule has 0 amide bonds. The average Bonchev–Trinajstić information content (AvgIpc) is 2.15. The van der Waals surface area contributed by atoms with E-state index in [1.54, 1.807) is 0 Å². The van der Waals surface area contributed by atoms with E-state index in [0.29, 0.717) is 5.88 Å². The molecule has 1 rings (SSSR count). The second kappa shape index (κ2) is 6.41. The van der Waals surface area contributed by atoms with Crippen LogP contribution in [0.25, 0.3) is 0 Å². The molecule has 0 bridgehead atoms. The zero-order chi connectivity index (χ0) is 9.52. The van der Waals surface area contributed by atoms with Crippen LogP contribution in [-0.4, -0.2) is 19.0 Å². The Kier molecular flexibility index (Phi) is 5.44. The van der Waals surface area contributed by atoms with Crippen LogP contribution < -0.4 is 5.32 Å². The lowest BCUT2D eigenvalue weighted by atomic mass is 10.1. The van der Waals surface area contributed by atoms with Gasteiger partial charge in [0.1, 0.15) is 0 Å².